The first kappa shape index (κ1) is 20.2. The number of aromatic hydroxyl groups is 1. The summed E-state index contributed by atoms with van der Waals surface area (Å²) in [6, 6.07) is 15.5. The number of ether oxygens (including phenoxy) is 2. The number of nitrogens with zero attached hydrogens (tertiary/aromatic N) is 2. The highest BCUT2D eigenvalue weighted by molar-refractivity contribution is 5.97. The van der Waals surface area contributed by atoms with Crippen molar-refractivity contribution < 1.29 is 24.1 Å². The zero-order valence-electron chi connectivity index (χ0n) is 16.9. The van der Waals surface area contributed by atoms with Crippen molar-refractivity contribution in [2.45, 2.75) is 19.8 Å². The van der Waals surface area contributed by atoms with Crippen LogP contribution in [-0.4, -0.2) is 21.6 Å². The average Bonchev–Trinajstić information content (AvgIpc) is 3.08. The third-order valence-corrected chi connectivity index (χ3v) is 5.65. The summed E-state index contributed by atoms with van der Waals surface area (Å²) in [6.45, 7) is 0.332. The Labute approximate surface area is 182 Å². The number of aromatic nitrogens is 1. The number of hydrogen-bond acceptors (Lipinski definition) is 6. The van der Waals surface area contributed by atoms with E-state index >= 15 is 0 Å². The second kappa shape index (κ2) is 8.07. The molecular formula is C24H19FN2O5. The lowest BCUT2D eigenvalue weighted by Gasteiger charge is -2.21. The number of hydrogen-bond donors (Lipinski definition) is 2. The van der Waals surface area contributed by atoms with Crippen LogP contribution in [0.2, 0.25) is 0 Å². The van der Waals surface area contributed by atoms with Gasteiger partial charge in [-0.2, -0.15) is 0 Å². The van der Waals surface area contributed by atoms with Crippen molar-refractivity contribution in [1.82, 2.24) is 4.57 Å². The van der Waals surface area contributed by atoms with Gasteiger partial charge in [0.25, 0.3) is 0 Å². The zero-order valence-corrected chi connectivity index (χ0v) is 16.9. The maximum Gasteiger partial charge on any atom is 0.222 e. The fourth-order valence-corrected chi connectivity index (χ4v) is 4.10. The van der Waals surface area contributed by atoms with E-state index in [0.29, 0.717) is 27.8 Å². The van der Waals surface area contributed by atoms with Gasteiger partial charge in [-0.25, -0.2) is 4.39 Å². The van der Waals surface area contributed by atoms with Crippen LogP contribution in [0.5, 0.6) is 11.6 Å². The van der Waals surface area contributed by atoms with Gasteiger partial charge in [-0.05, 0) is 46.1 Å². The lowest BCUT2D eigenvalue weighted by atomic mass is 10.0. The van der Waals surface area contributed by atoms with E-state index in [9.17, 15) is 19.5 Å². The molecule has 2 heterocycles. The molecule has 3 aromatic carbocycles. The van der Waals surface area contributed by atoms with Gasteiger partial charge in [-0.1, -0.05) is 30.3 Å². The molecule has 0 unspecified atom stereocenters. The molecule has 0 bridgehead atoms. The van der Waals surface area contributed by atoms with Crippen LogP contribution < -0.4 is 4.74 Å². The van der Waals surface area contributed by atoms with Gasteiger partial charge in [0, 0.05) is 16.5 Å². The molecule has 0 amide bonds. The largest absolute Gasteiger partial charge is 0.493 e. The standard InChI is InChI=1S/C24H19FN2O5/c25-19-7-17(23-18(8-19)12-31-13-32-23)10-27-21-6-5-16(9-20(21)22(26-30)24(27)29)15-3-1-14(11-28)2-4-15/h1-9,28-29H,10-13H2. The molecule has 2 N–H and O–H groups in total. The van der Waals surface area contributed by atoms with Crippen molar-refractivity contribution in [2.75, 3.05) is 6.79 Å². The van der Waals surface area contributed by atoms with Gasteiger partial charge in [-0.3, -0.25) is 0 Å². The number of rotatable bonds is 5. The number of halogens is 1. The molecule has 0 saturated carbocycles. The molecule has 1 aromatic heterocycles. The Balaban J connectivity index is 1.61. The number of aliphatic hydroxyl groups excluding tert-OH is 1. The minimum absolute atomic E-state index is 0.0468. The smallest absolute Gasteiger partial charge is 0.222 e. The number of aliphatic hydroxyl groups is 1. The Bertz CT molecular complexity index is 1330. The van der Waals surface area contributed by atoms with Gasteiger partial charge < -0.3 is 24.3 Å². The van der Waals surface area contributed by atoms with Crippen LogP contribution in [0.1, 0.15) is 16.7 Å². The third kappa shape index (κ3) is 3.39. The lowest BCUT2D eigenvalue weighted by Crippen LogP contribution is -2.14. The number of fused-ring (bicyclic) bond motifs is 2. The maximum atomic E-state index is 14.2. The first-order valence-electron chi connectivity index (χ1n) is 9.99. The van der Waals surface area contributed by atoms with Crippen LogP contribution in [0, 0.1) is 10.7 Å². The van der Waals surface area contributed by atoms with E-state index in [0.717, 1.165) is 16.7 Å². The predicted molar refractivity (Wildman–Crippen MR) is 116 cm³/mol. The normalized spacial score (nSPS) is 13.1. The molecule has 0 spiro atoms. The maximum absolute atomic E-state index is 14.2. The summed E-state index contributed by atoms with van der Waals surface area (Å²) in [5.41, 5.74) is 4.12. The van der Waals surface area contributed by atoms with E-state index in [1.807, 2.05) is 30.3 Å². The lowest BCUT2D eigenvalue weighted by molar-refractivity contribution is -0.0173. The Hall–Kier alpha value is -3.75. The highest BCUT2D eigenvalue weighted by Gasteiger charge is 2.22. The molecule has 32 heavy (non-hydrogen) atoms. The van der Waals surface area contributed by atoms with E-state index in [2.05, 4.69) is 5.18 Å². The van der Waals surface area contributed by atoms with Gasteiger partial charge in [0.2, 0.25) is 5.88 Å². The molecule has 7 nitrogen and oxygen atoms in total. The fourth-order valence-electron chi connectivity index (χ4n) is 4.10. The van der Waals surface area contributed by atoms with E-state index in [1.54, 1.807) is 12.1 Å². The SMILES string of the molecule is O=Nc1c(O)n(Cc2cc(F)cc3c2OCOC3)c2ccc(-c3ccc(CO)cc3)cc12. The third-order valence-electron chi connectivity index (χ3n) is 5.65. The van der Waals surface area contributed by atoms with E-state index in [-0.39, 0.29) is 38.1 Å². The molecule has 1 aliphatic heterocycles. The van der Waals surface area contributed by atoms with Gasteiger partial charge in [0.15, 0.2) is 12.5 Å². The predicted octanol–water partition coefficient (Wildman–Crippen LogP) is 4.96. The molecule has 162 valence electrons. The first-order valence-corrected chi connectivity index (χ1v) is 9.99. The summed E-state index contributed by atoms with van der Waals surface area (Å²) in [5, 5.41) is 23.5. The molecule has 0 radical (unpaired) electrons. The van der Waals surface area contributed by atoms with Gasteiger partial charge in [-0.15, -0.1) is 4.91 Å². The first-order chi connectivity index (χ1) is 15.6. The molecule has 8 heteroatoms. The molecule has 0 fully saturated rings. The van der Waals surface area contributed by atoms with Crippen molar-refractivity contribution in [3.8, 4) is 22.8 Å². The minimum atomic E-state index is -0.439. The van der Waals surface area contributed by atoms with Crippen LogP contribution in [0.4, 0.5) is 10.1 Å². The van der Waals surface area contributed by atoms with Gasteiger partial charge >= 0.3 is 0 Å². The highest BCUT2D eigenvalue weighted by atomic mass is 19.1. The fraction of sp³-hybridized carbons (Fsp3) is 0.167. The summed E-state index contributed by atoms with van der Waals surface area (Å²) in [7, 11) is 0. The molecule has 5 rings (SSSR count). The van der Waals surface area contributed by atoms with Crippen molar-refractivity contribution in [2.24, 2.45) is 5.18 Å². The van der Waals surface area contributed by atoms with Crippen molar-refractivity contribution in [1.29, 1.82) is 0 Å². The molecule has 0 aliphatic carbocycles. The molecule has 0 atom stereocenters. The highest BCUT2D eigenvalue weighted by Crippen LogP contribution is 2.42. The van der Waals surface area contributed by atoms with Crippen LogP contribution in [0.15, 0.2) is 59.8 Å². The average molecular weight is 434 g/mol. The van der Waals surface area contributed by atoms with Gasteiger partial charge in [0.1, 0.15) is 11.6 Å². The molecule has 1 aliphatic rings. The quantitative estimate of drug-likeness (QED) is 0.433. The Morgan fingerprint density at radius 3 is 2.59 bits per heavy atom. The number of nitroso groups, excluding NO2 is 1. The van der Waals surface area contributed by atoms with Gasteiger partial charge in [0.05, 0.1) is 25.3 Å². The topological polar surface area (TPSA) is 93.3 Å². The Morgan fingerprint density at radius 1 is 1.06 bits per heavy atom. The summed E-state index contributed by atoms with van der Waals surface area (Å²) in [5.74, 6) is -0.223. The van der Waals surface area contributed by atoms with Crippen LogP contribution >= 0.6 is 0 Å². The van der Waals surface area contributed by atoms with Crippen LogP contribution in [0.3, 0.4) is 0 Å². The Kier molecular flexibility index (Phi) is 5.08. The monoisotopic (exact) mass is 434 g/mol. The number of benzene rings is 3. The molecule has 0 saturated heterocycles. The molecular weight excluding hydrogens is 415 g/mol. The molecule has 4 aromatic rings. The van der Waals surface area contributed by atoms with E-state index < -0.39 is 5.82 Å². The second-order valence-corrected chi connectivity index (χ2v) is 7.60. The summed E-state index contributed by atoms with van der Waals surface area (Å²) < 4.78 is 26.5. The van der Waals surface area contributed by atoms with Crippen molar-refractivity contribution in [3.05, 3.63) is 82.0 Å². The summed E-state index contributed by atoms with van der Waals surface area (Å²) in [6.07, 6.45) is 0. The Morgan fingerprint density at radius 2 is 1.84 bits per heavy atom. The van der Waals surface area contributed by atoms with Crippen LogP contribution in [-0.2, 0) is 24.5 Å². The second-order valence-electron chi connectivity index (χ2n) is 7.60. The zero-order chi connectivity index (χ0) is 22.2. The van der Waals surface area contributed by atoms with E-state index in [1.165, 1.54) is 16.7 Å². The van der Waals surface area contributed by atoms with Crippen molar-refractivity contribution in [3.63, 3.8) is 0 Å². The minimum Gasteiger partial charge on any atom is -0.493 e. The summed E-state index contributed by atoms with van der Waals surface area (Å²) >= 11 is 0. The van der Waals surface area contributed by atoms with E-state index in [4.69, 9.17) is 9.47 Å². The van der Waals surface area contributed by atoms with Crippen molar-refractivity contribution >= 4 is 16.6 Å². The summed E-state index contributed by atoms with van der Waals surface area (Å²) in [4.78, 5) is 11.6. The van der Waals surface area contributed by atoms with Crippen LogP contribution in [0.25, 0.3) is 22.0 Å².